The van der Waals surface area contributed by atoms with E-state index in [9.17, 15) is 9.59 Å². The monoisotopic (exact) mass is 330 g/mol. The number of ether oxygens (including phenoxy) is 1. The van der Waals surface area contributed by atoms with E-state index >= 15 is 0 Å². The smallest absolute Gasteiger partial charge is 0.328 e. The first kappa shape index (κ1) is 18.2. The van der Waals surface area contributed by atoms with Crippen molar-refractivity contribution in [3.8, 4) is 0 Å². The fourth-order valence-corrected chi connectivity index (χ4v) is 3.46. The summed E-state index contributed by atoms with van der Waals surface area (Å²) in [5, 5.41) is 0. The molecule has 1 aromatic rings. The highest BCUT2D eigenvalue weighted by Gasteiger charge is 2.46. The van der Waals surface area contributed by atoms with Gasteiger partial charge in [-0.25, -0.2) is 10.2 Å². The van der Waals surface area contributed by atoms with E-state index in [1.54, 1.807) is 30.3 Å². The van der Waals surface area contributed by atoms with Crippen LogP contribution in [0.25, 0.3) is 0 Å². The van der Waals surface area contributed by atoms with Crippen molar-refractivity contribution in [3.05, 3.63) is 48.6 Å². The third-order valence-corrected chi connectivity index (χ3v) is 4.75. The van der Waals surface area contributed by atoms with E-state index in [2.05, 4.69) is 17.4 Å². The molecule has 130 valence electrons. The van der Waals surface area contributed by atoms with Gasteiger partial charge in [-0.2, -0.15) is 0 Å². The highest BCUT2D eigenvalue weighted by Crippen LogP contribution is 2.35. The fourth-order valence-electron chi connectivity index (χ4n) is 3.46. The van der Waals surface area contributed by atoms with Crippen LogP contribution in [0, 0.1) is 5.92 Å². The molecule has 0 aliphatic heterocycles. The number of methoxy groups -OCH3 is 1. The molecule has 0 unspecified atom stereocenters. The average molecular weight is 330 g/mol. The number of nitrogens with one attached hydrogen (secondary N) is 2. The Bertz CT molecular complexity index is 567. The van der Waals surface area contributed by atoms with Gasteiger partial charge in [-0.15, -0.1) is 6.58 Å². The molecule has 0 spiro atoms. The lowest BCUT2D eigenvalue weighted by atomic mass is 9.73. The summed E-state index contributed by atoms with van der Waals surface area (Å²) < 4.78 is 5.06. The molecule has 5 nitrogen and oxygen atoms in total. The summed E-state index contributed by atoms with van der Waals surface area (Å²) in [6.07, 6.45) is 7.29. The molecular formula is C19H26N2O3. The Morgan fingerprint density at radius 1 is 1.25 bits per heavy atom. The topological polar surface area (TPSA) is 67.4 Å². The summed E-state index contributed by atoms with van der Waals surface area (Å²) in [6, 6.07) is 8.90. The van der Waals surface area contributed by atoms with Crippen LogP contribution in [0.1, 0.15) is 48.9 Å². The van der Waals surface area contributed by atoms with Crippen molar-refractivity contribution in [2.24, 2.45) is 5.92 Å². The van der Waals surface area contributed by atoms with Crippen molar-refractivity contribution >= 4 is 11.9 Å². The molecule has 5 heteroatoms. The quantitative estimate of drug-likeness (QED) is 0.458. The van der Waals surface area contributed by atoms with Gasteiger partial charge < -0.3 is 4.74 Å². The maximum atomic E-state index is 12.6. The van der Waals surface area contributed by atoms with Crippen LogP contribution in [0.3, 0.4) is 0 Å². The number of rotatable bonds is 7. The molecule has 1 atom stereocenters. The molecule has 0 aromatic heterocycles. The Hall–Kier alpha value is -2.14. The number of hydrogen-bond acceptors (Lipinski definition) is 4. The van der Waals surface area contributed by atoms with Gasteiger partial charge in [0.25, 0.3) is 5.91 Å². The highest BCUT2D eigenvalue weighted by molar-refractivity contribution is 5.94. The SMILES string of the molecule is C=CC[C@](NNC(=O)c1ccccc1)(C(=O)OC)C1CCCCC1. The molecule has 1 fully saturated rings. The van der Waals surface area contributed by atoms with Crippen LogP contribution in [0.15, 0.2) is 43.0 Å². The van der Waals surface area contributed by atoms with Gasteiger partial charge in [0.05, 0.1) is 7.11 Å². The van der Waals surface area contributed by atoms with Gasteiger partial charge in [-0.1, -0.05) is 43.5 Å². The predicted octanol–water partition coefficient (Wildman–Crippen LogP) is 2.99. The molecule has 1 aromatic carbocycles. The minimum atomic E-state index is -0.971. The number of esters is 1. The lowest BCUT2D eigenvalue weighted by Crippen LogP contribution is -2.63. The van der Waals surface area contributed by atoms with Crippen LogP contribution < -0.4 is 10.9 Å². The van der Waals surface area contributed by atoms with Crippen LogP contribution in [-0.2, 0) is 9.53 Å². The molecule has 2 N–H and O–H groups in total. The van der Waals surface area contributed by atoms with Crippen molar-refractivity contribution < 1.29 is 14.3 Å². The van der Waals surface area contributed by atoms with Gasteiger partial charge in [0.1, 0.15) is 5.54 Å². The van der Waals surface area contributed by atoms with E-state index in [1.165, 1.54) is 13.5 Å². The van der Waals surface area contributed by atoms with Crippen LogP contribution in [-0.4, -0.2) is 24.5 Å². The Balaban J connectivity index is 2.19. The Morgan fingerprint density at radius 2 is 1.92 bits per heavy atom. The Labute approximate surface area is 143 Å². The molecule has 0 heterocycles. The zero-order valence-electron chi connectivity index (χ0n) is 14.2. The van der Waals surface area contributed by atoms with Crippen molar-refractivity contribution in [1.29, 1.82) is 0 Å². The standard InChI is InChI=1S/C19H26N2O3/c1-3-14-19(18(23)24-2,16-12-8-5-9-13-16)21-20-17(22)15-10-6-4-7-11-15/h3-4,6-7,10-11,16,21H,1,5,8-9,12-14H2,2H3,(H,20,22)/t19-/m1/s1. The second-order valence-electron chi connectivity index (χ2n) is 6.24. The molecule has 0 saturated heterocycles. The van der Waals surface area contributed by atoms with E-state index in [-0.39, 0.29) is 17.8 Å². The number of hydrazine groups is 1. The first-order chi connectivity index (χ1) is 11.6. The van der Waals surface area contributed by atoms with Crippen molar-refractivity contribution in [3.63, 3.8) is 0 Å². The van der Waals surface area contributed by atoms with E-state index in [1.807, 2.05) is 6.07 Å². The van der Waals surface area contributed by atoms with Gasteiger partial charge in [0.2, 0.25) is 0 Å². The minimum Gasteiger partial charge on any atom is -0.468 e. The maximum absolute atomic E-state index is 12.6. The second-order valence-corrected chi connectivity index (χ2v) is 6.24. The molecule has 2 rings (SSSR count). The second kappa shape index (κ2) is 8.64. The molecule has 0 radical (unpaired) electrons. The van der Waals surface area contributed by atoms with E-state index < -0.39 is 5.54 Å². The number of hydrogen-bond donors (Lipinski definition) is 2. The fraction of sp³-hybridized carbons (Fsp3) is 0.474. The third kappa shape index (κ3) is 4.03. The van der Waals surface area contributed by atoms with Gasteiger partial charge in [0.15, 0.2) is 0 Å². The Morgan fingerprint density at radius 3 is 2.50 bits per heavy atom. The summed E-state index contributed by atoms with van der Waals surface area (Å²) >= 11 is 0. The van der Waals surface area contributed by atoms with Gasteiger partial charge in [-0.3, -0.25) is 10.2 Å². The number of carbonyl (C=O) groups is 2. The largest absolute Gasteiger partial charge is 0.468 e. The van der Waals surface area contributed by atoms with E-state index in [0.29, 0.717) is 12.0 Å². The zero-order valence-corrected chi connectivity index (χ0v) is 14.2. The van der Waals surface area contributed by atoms with Crippen molar-refractivity contribution in [2.75, 3.05) is 7.11 Å². The average Bonchev–Trinajstić information content (AvgIpc) is 2.65. The van der Waals surface area contributed by atoms with Crippen LogP contribution in [0.2, 0.25) is 0 Å². The molecule has 1 aliphatic carbocycles. The summed E-state index contributed by atoms with van der Waals surface area (Å²) in [4.78, 5) is 24.9. The summed E-state index contributed by atoms with van der Waals surface area (Å²) in [6.45, 7) is 3.78. The van der Waals surface area contributed by atoms with Gasteiger partial charge in [-0.05, 0) is 37.3 Å². The predicted molar refractivity (Wildman–Crippen MR) is 93.2 cm³/mol. The molecule has 1 saturated carbocycles. The number of benzene rings is 1. The Kier molecular flexibility index (Phi) is 6.55. The van der Waals surface area contributed by atoms with E-state index in [0.717, 1.165) is 25.7 Å². The highest BCUT2D eigenvalue weighted by atomic mass is 16.5. The molecule has 0 bridgehead atoms. The summed E-state index contributed by atoms with van der Waals surface area (Å²) in [5.74, 6) is -0.529. The molecule has 24 heavy (non-hydrogen) atoms. The van der Waals surface area contributed by atoms with Crippen LogP contribution >= 0.6 is 0 Å². The van der Waals surface area contributed by atoms with E-state index in [4.69, 9.17) is 4.74 Å². The first-order valence-electron chi connectivity index (χ1n) is 8.46. The van der Waals surface area contributed by atoms with Crippen molar-refractivity contribution in [1.82, 2.24) is 10.9 Å². The van der Waals surface area contributed by atoms with Gasteiger partial charge in [0, 0.05) is 5.56 Å². The molecular weight excluding hydrogens is 304 g/mol. The third-order valence-electron chi connectivity index (χ3n) is 4.75. The summed E-state index contributed by atoms with van der Waals surface area (Å²) in [7, 11) is 1.38. The lowest BCUT2D eigenvalue weighted by Gasteiger charge is -2.40. The minimum absolute atomic E-state index is 0.104. The zero-order chi connectivity index (χ0) is 17.4. The number of amides is 1. The lowest BCUT2D eigenvalue weighted by molar-refractivity contribution is -0.152. The normalized spacial score (nSPS) is 17.5. The molecule has 1 amide bonds. The van der Waals surface area contributed by atoms with Gasteiger partial charge >= 0.3 is 5.97 Å². The molecule has 1 aliphatic rings. The van der Waals surface area contributed by atoms with Crippen molar-refractivity contribution in [2.45, 2.75) is 44.1 Å². The number of carbonyl (C=O) groups excluding carboxylic acids is 2. The van der Waals surface area contributed by atoms with Crippen LogP contribution in [0.5, 0.6) is 0 Å². The van der Waals surface area contributed by atoms with Crippen LogP contribution in [0.4, 0.5) is 0 Å². The first-order valence-corrected chi connectivity index (χ1v) is 8.46. The maximum Gasteiger partial charge on any atom is 0.328 e. The summed E-state index contributed by atoms with van der Waals surface area (Å²) in [5.41, 5.74) is 5.27.